The van der Waals surface area contributed by atoms with E-state index in [0.29, 0.717) is 5.56 Å². The summed E-state index contributed by atoms with van der Waals surface area (Å²) in [5.74, 6) is -0.418. The quantitative estimate of drug-likeness (QED) is 0.279. The van der Waals surface area contributed by atoms with Crippen molar-refractivity contribution in [2.45, 2.75) is 13.0 Å². The Morgan fingerprint density at radius 1 is 1.00 bits per heavy atom. The molecule has 0 radical (unpaired) electrons. The van der Waals surface area contributed by atoms with Gasteiger partial charge in [-0.1, -0.05) is 66.7 Å². The third kappa shape index (κ3) is 4.67. The molecule has 1 N–H and O–H groups in total. The second-order valence-electron chi connectivity index (χ2n) is 7.07. The molecule has 4 aromatic rings. The van der Waals surface area contributed by atoms with Gasteiger partial charge in [-0.3, -0.25) is 14.9 Å². The van der Waals surface area contributed by atoms with Gasteiger partial charge >= 0.3 is 0 Å². The SMILES string of the molecule is O=C(Cc1ccccc1[N+](=O)[O-])N/N=C/c1cn(Cc2ccccc2)c2ccccc12. The van der Waals surface area contributed by atoms with Crippen molar-refractivity contribution in [3.8, 4) is 0 Å². The molecule has 7 heteroatoms. The van der Waals surface area contributed by atoms with Crippen molar-refractivity contribution < 1.29 is 9.72 Å². The summed E-state index contributed by atoms with van der Waals surface area (Å²) in [4.78, 5) is 22.8. The van der Waals surface area contributed by atoms with Crippen LogP contribution < -0.4 is 5.43 Å². The van der Waals surface area contributed by atoms with Gasteiger partial charge in [0.05, 0.1) is 17.6 Å². The van der Waals surface area contributed by atoms with E-state index in [1.165, 1.54) is 11.6 Å². The summed E-state index contributed by atoms with van der Waals surface area (Å²) in [7, 11) is 0. The van der Waals surface area contributed by atoms with E-state index in [0.717, 1.165) is 23.0 Å². The molecule has 154 valence electrons. The molecule has 7 nitrogen and oxygen atoms in total. The molecule has 0 saturated heterocycles. The molecule has 0 atom stereocenters. The van der Waals surface area contributed by atoms with Crippen LogP contribution in [-0.2, 0) is 17.8 Å². The van der Waals surface area contributed by atoms with Gasteiger partial charge in [-0.15, -0.1) is 0 Å². The Kier molecular flexibility index (Phi) is 5.84. The highest BCUT2D eigenvalue weighted by molar-refractivity contribution is 5.99. The molecular formula is C24H20N4O3. The third-order valence-electron chi connectivity index (χ3n) is 4.95. The van der Waals surface area contributed by atoms with Gasteiger partial charge in [0.15, 0.2) is 0 Å². The number of nitrogens with zero attached hydrogens (tertiary/aromatic N) is 3. The van der Waals surface area contributed by atoms with Crippen LogP contribution in [-0.4, -0.2) is 21.6 Å². The first-order valence-corrected chi connectivity index (χ1v) is 9.78. The van der Waals surface area contributed by atoms with E-state index in [1.807, 2.05) is 48.7 Å². The zero-order valence-corrected chi connectivity index (χ0v) is 16.6. The minimum atomic E-state index is -0.493. The highest BCUT2D eigenvalue weighted by atomic mass is 16.6. The molecule has 0 aliphatic heterocycles. The minimum absolute atomic E-state index is 0.0781. The van der Waals surface area contributed by atoms with Crippen molar-refractivity contribution in [1.29, 1.82) is 0 Å². The number of rotatable bonds is 7. The van der Waals surface area contributed by atoms with Gasteiger partial charge in [-0.25, -0.2) is 5.43 Å². The molecule has 3 aromatic carbocycles. The largest absolute Gasteiger partial charge is 0.342 e. The van der Waals surface area contributed by atoms with Crippen LogP contribution in [0.4, 0.5) is 5.69 Å². The monoisotopic (exact) mass is 412 g/mol. The number of carbonyl (C=O) groups is 1. The van der Waals surface area contributed by atoms with Gasteiger partial charge < -0.3 is 4.57 Å². The van der Waals surface area contributed by atoms with Gasteiger partial charge in [0.25, 0.3) is 5.69 Å². The number of hydrogen-bond acceptors (Lipinski definition) is 4. The number of amides is 1. The van der Waals surface area contributed by atoms with Crippen LogP contribution in [0.2, 0.25) is 0 Å². The Morgan fingerprint density at radius 3 is 2.52 bits per heavy atom. The summed E-state index contributed by atoms with van der Waals surface area (Å²) < 4.78 is 2.14. The van der Waals surface area contributed by atoms with Gasteiger partial charge in [0.2, 0.25) is 5.91 Å². The maximum Gasteiger partial charge on any atom is 0.273 e. The molecule has 0 aliphatic carbocycles. The van der Waals surface area contributed by atoms with E-state index in [9.17, 15) is 14.9 Å². The number of aromatic nitrogens is 1. The van der Waals surface area contributed by atoms with Crippen LogP contribution in [0.15, 0.2) is 90.2 Å². The number of hydrogen-bond donors (Lipinski definition) is 1. The van der Waals surface area contributed by atoms with Crippen molar-refractivity contribution >= 4 is 28.7 Å². The van der Waals surface area contributed by atoms with Gasteiger partial charge in [-0.2, -0.15) is 5.10 Å². The van der Waals surface area contributed by atoms with Crippen molar-refractivity contribution in [1.82, 2.24) is 9.99 Å². The Balaban J connectivity index is 1.50. The number of fused-ring (bicyclic) bond motifs is 1. The normalized spacial score (nSPS) is 11.1. The molecule has 1 amide bonds. The third-order valence-corrected chi connectivity index (χ3v) is 4.95. The predicted octanol–water partition coefficient (Wildman–Crippen LogP) is 4.29. The second kappa shape index (κ2) is 9.04. The molecule has 0 spiro atoms. The molecule has 1 heterocycles. The number of nitro benzene ring substituents is 1. The summed E-state index contributed by atoms with van der Waals surface area (Å²) in [6.45, 7) is 0.721. The Labute approximate surface area is 178 Å². The highest BCUT2D eigenvalue weighted by Gasteiger charge is 2.15. The maximum atomic E-state index is 12.2. The molecule has 0 aliphatic rings. The fraction of sp³-hybridized carbons (Fsp3) is 0.0833. The molecule has 31 heavy (non-hydrogen) atoms. The van der Waals surface area contributed by atoms with Crippen LogP contribution >= 0.6 is 0 Å². The average Bonchev–Trinajstić information content (AvgIpc) is 3.12. The van der Waals surface area contributed by atoms with E-state index in [1.54, 1.807) is 24.4 Å². The standard InChI is InChI=1S/C24H20N4O3/c29-24(14-19-10-4-6-12-22(19)28(30)31)26-25-15-20-17-27(16-18-8-2-1-3-9-18)23-13-7-5-11-21(20)23/h1-13,15,17H,14,16H2,(H,26,29)/b25-15+. The molecule has 0 saturated carbocycles. The van der Waals surface area contributed by atoms with E-state index in [4.69, 9.17) is 0 Å². The van der Waals surface area contributed by atoms with Crippen molar-refractivity contribution in [3.63, 3.8) is 0 Å². The van der Waals surface area contributed by atoms with Crippen molar-refractivity contribution in [3.05, 3.63) is 112 Å². The van der Waals surface area contributed by atoms with Crippen LogP contribution in [0.5, 0.6) is 0 Å². The zero-order valence-electron chi connectivity index (χ0n) is 16.6. The lowest BCUT2D eigenvalue weighted by molar-refractivity contribution is -0.385. The molecule has 0 fully saturated rings. The number of para-hydroxylation sites is 2. The Bertz CT molecular complexity index is 1260. The van der Waals surface area contributed by atoms with Crippen molar-refractivity contribution in [2.75, 3.05) is 0 Å². The number of nitro groups is 1. The second-order valence-corrected chi connectivity index (χ2v) is 7.07. The summed E-state index contributed by atoms with van der Waals surface area (Å²) in [6, 6.07) is 24.3. The molecule has 4 rings (SSSR count). The predicted molar refractivity (Wildman–Crippen MR) is 120 cm³/mol. The van der Waals surface area contributed by atoms with Crippen molar-refractivity contribution in [2.24, 2.45) is 5.10 Å². The summed E-state index contributed by atoms with van der Waals surface area (Å²) >= 11 is 0. The van der Waals surface area contributed by atoms with E-state index < -0.39 is 10.8 Å². The van der Waals surface area contributed by atoms with Crippen LogP contribution in [0, 0.1) is 10.1 Å². The van der Waals surface area contributed by atoms with E-state index in [-0.39, 0.29) is 12.1 Å². The topological polar surface area (TPSA) is 89.5 Å². The lowest BCUT2D eigenvalue weighted by atomic mass is 10.1. The van der Waals surface area contributed by atoms with Gasteiger partial charge in [0.1, 0.15) is 0 Å². The summed E-state index contributed by atoms with van der Waals surface area (Å²) in [5.41, 5.74) is 5.86. The zero-order chi connectivity index (χ0) is 21.6. The van der Waals surface area contributed by atoms with Crippen LogP contribution in [0.25, 0.3) is 10.9 Å². The smallest absolute Gasteiger partial charge is 0.273 e. The lowest BCUT2D eigenvalue weighted by Crippen LogP contribution is -2.20. The number of carbonyl (C=O) groups excluding carboxylic acids is 1. The minimum Gasteiger partial charge on any atom is -0.342 e. The fourth-order valence-corrected chi connectivity index (χ4v) is 3.51. The molecule has 0 bridgehead atoms. The van der Waals surface area contributed by atoms with E-state index in [2.05, 4.69) is 27.2 Å². The van der Waals surface area contributed by atoms with Crippen LogP contribution in [0.1, 0.15) is 16.7 Å². The van der Waals surface area contributed by atoms with Gasteiger partial charge in [-0.05, 0) is 11.6 Å². The molecular weight excluding hydrogens is 392 g/mol. The summed E-state index contributed by atoms with van der Waals surface area (Å²) in [5, 5.41) is 16.2. The fourth-order valence-electron chi connectivity index (χ4n) is 3.51. The van der Waals surface area contributed by atoms with Crippen LogP contribution in [0.3, 0.4) is 0 Å². The first-order valence-electron chi connectivity index (χ1n) is 9.78. The maximum absolute atomic E-state index is 12.2. The first-order chi connectivity index (χ1) is 15.1. The highest BCUT2D eigenvalue weighted by Crippen LogP contribution is 2.21. The van der Waals surface area contributed by atoms with Gasteiger partial charge in [0, 0.05) is 40.8 Å². The molecule has 1 aromatic heterocycles. The Morgan fingerprint density at radius 2 is 1.71 bits per heavy atom. The number of benzene rings is 3. The Hall–Kier alpha value is -4.26. The number of nitrogens with one attached hydrogen (secondary N) is 1. The summed E-state index contributed by atoms with van der Waals surface area (Å²) in [6.07, 6.45) is 3.47. The lowest BCUT2D eigenvalue weighted by Gasteiger charge is -2.05. The average molecular weight is 412 g/mol. The number of hydrazone groups is 1. The molecule has 0 unspecified atom stereocenters. The first kappa shape index (κ1) is 20.0. The van der Waals surface area contributed by atoms with E-state index >= 15 is 0 Å².